The number of carbonyl (C=O) groups excluding carboxylic acids is 1. The van der Waals surface area contributed by atoms with Gasteiger partial charge in [-0.25, -0.2) is 0 Å². The number of hydrogen-bond donors (Lipinski definition) is 1. The molecule has 9 heteroatoms. The summed E-state index contributed by atoms with van der Waals surface area (Å²) in [5.74, 6) is 2.47. The van der Waals surface area contributed by atoms with Gasteiger partial charge >= 0.3 is 0 Å². The molecule has 3 heterocycles. The molecule has 0 saturated heterocycles. The van der Waals surface area contributed by atoms with Crippen molar-refractivity contribution in [3.05, 3.63) is 48.3 Å². The molecule has 8 nitrogen and oxygen atoms in total. The number of thioether (sulfide) groups is 1. The molecule has 154 valence electrons. The molecule has 1 aliphatic heterocycles. The second-order valence-electron chi connectivity index (χ2n) is 7.34. The van der Waals surface area contributed by atoms with Gasteiger partial charge in [-0.15, -0.1) is 10.2 Å². The van der Waals surface area contributed by atoms with Crippen LogP contribution in [0.25, 0.3) is 11.4 Å². The molecule has 1 N–H and O–H groups in total. The van der Waals surface area contributed by atoms with Gasteiger partial charge in [0.2, 0.25) is 12.7 Å². The van der Waals surface area contributed by atoms with E-state index in [2.05, 4.69) is 25.1 Å². The van der Waals surface area contributed by atoms with Crippen molar-refractivity contribution in [3.8, 4) is 22.9 Å². The predicted octanol–water partition coefficient (Wildman–Crippen LogP) is 3.37. The Morgan fingerprint density at radius 3 is 2.93 bits per heavy atom. The minimum Gasteiger partial charge on any atom is -0.454 e. The molecule has 5 rings (SSSR count). The fourth-order valence-corrected chi connectivity index (χ4v) is 4.22. The molecular weight excluding hydrogens is 402 g/mol. The van der Waals surface area contributed by atoms with Crippen molar-refractivity contribution in [2.45, 2.75) is 37.0 Å². The highest BCUT2D eigenvalue weighted by atomic mass is 32.2. The maximum absolute atomic E-state index is 12.6. The van der Waals surface area contributed by atoms with Gasteiger partial charge in [0.1, 0.15) is 0 Å². The van der Waals surface area contributed by atoms with Crippen LogP contribution in [0.4, 0.5) is 0 Å². The van der Waals surface area contributed by atoms with Gasteiger partial charge in [-0.05, 0) is 49.6 Å². The summed E-state index contributed by atoms with van der Waals surface area (Å²) in [6, 6.07) is 9.84. The van der Waals surface area contributed by atoms with E-state index in [-0.39, 0.29) is 24.5 Å². The van der Waals surface area contributed by atoms with Crippen molar-refractivity contribution in [2.75, 3.05) is 12.5 Å². The summed E-state index contributed by atoms with van der Waals surface area (Å²) in [5, 5.41) is 12.5. The van der Waals surface area contributed by atoms with Crippen LogP contribution in [0.3, 0.4) is 0 Å². The second kappa shape index (κ2) is 7.98. The van der Waals surface area contributed by atoms with Gasteiger partial charge in [-0.3, -0.25) is 14.3 Å². The van der Waals surface area contributed by atoms with Gasteiger partial charge in [-0.2, -0.15) is 0 Å². The molecule has 0 bridgehead atoms. The largest absolute Gasteiger partial charge is 0.454 e. The summed E-state index contributed by atoms with van der Waals surface area (Å²) in [4.78, 5) is 16.7. The molecule has 1 fully saturated rings. The zero-order chi connectivity index (χ0) is 20.5. The third-order valence-electron chi connectivity index (χ3n) is 5.10. The number of pyridine rings is 1. The Kier molecular flexibility index (Phi) is 5.04. The number of amides is 1. The maximum Gasteiger partial charge on any atom is 0.231 e. The van der Waals surface area contributed by atoms with Crippen molar-refractivity contribution < 1.29 is 14.3 Å². The molecule has 1 aromatic carbocycles. The smallest absolute Gasteiger partial charge is 0.231 e. The number of carbonyl (C=O) groups is 1. The highest BCUT2D eigenvalue weighted by molar-refractivity contribution is 7.99. The van der Waals surface area contributed by atoms with Gasteiger partial charge < -0.3 is 14.8 Å². The second-order valence-corrected chi connectivity index (χ2v) is 8.28. The number of benzene rings is 1. The maximum atomic E-state index is 12.6. The molecule has 1 amide bonds. The third kappa shape index (κ3) is 3.85. The van der Waals surface area contributed by atoms with Crippen LogP contribution in [0.5, 0.6) is 11.5 Å². The Labute approximate surface area is 178 Å². The molecular formula is C21H21N5O3S. The lowest BCUT2D eigenvalue weighted by Gasteiger charge is -2.15. The molecule has 0 radical (unpaired) electrons. The average molecular weight is 423 g/mol. The zero-order valence-corrected chi connectivity index (χ0v) is 17.3. The van der Waals surface area contributed by atoms with Gasteiger partial charge in [0.25, 0.3) is 0 Å². The van der Waals surface area contributed by atoms with Crippen LogP contribution in [0.1, 0.15) is 37.4 Å². The first-order valence-electron chi connectivity index (χ1n) is 9.86. The number of ether oxygens (including phenoxy) is 2. The standard InChI is InChI=1S/C21H21N5O3S/c1-13(14-4-7-17-18(9-14)29-12-28-17)23-19(27)11-30-21-25-24-20(26(21)16-5-6-16)15-3-2-8-22-10-15/h2-4,7-10,13,16H,5-6,11-12H2,1H3,(H,23,27). The summed E-state index contributed by atoms with van der Waals surface area (Å²) in [6.45, 7) is 2.19. The third-order valence-corrected chi connectivity index (χ3v) is 6.05. The highest BCUT2D eigenvalue weighted by Gasteiger charge is 2.30. The van der Waals surface area contributed by atoms with Crippen LogP contribution >= 0.6 is 11.8 Å². The summed E-state index contributed by atoms with van der Waals surface area (Å²) in [6.07, 6.45) is 5.73. The van der Waals surface area contributed by atoms with Crippen molar-refractivity contribution >= 4 is 17.7 Å². The number of aromatic nitrogens is 4. The van der Waals surface area contributed by atoms with E-state index in [0.717, 1.165) is 40.7 Å². The molecule has 1 atom stereocenters. The van der Waals surface area contributed by atoms with Crippen LogP contribution in [-0.4, -0.2) is 38.2 Å². The van der Waals surface area contributed by atoms with E-state index in [0.29, 0.717) is 11.8 Å². The Morgan fingerprint density at radius 2 is 2.13 bits per heavy atom. The fraction of sp³-hybridized carbons (Fsp3) is 0.333. The van der Waals surface area contributed by atoms with Crippen LogP contribution in [0, 0.1) is 0 Å². The zero-order valence-electron chi connectivity index (χ0n) is 16.4. The van der Waals surface area contributed by atoms with Crippen molar-refractivity contribution in [3.63, 3.8) is 0 Å². The lowest BCUT2D eigenvalue weighted by Crippen LogP contribution is -2.28. The number of rotatable bonds is 7. The Bertz CT molecular complexity index is 1070. The van der Waals surface area contributed by atoms with Gasteiger partial charge in [0, 0.05) is 24.0 Å². The number of hydrogen-bond acceptors (Lipinski definition) is 7. The first-order chi connectivity index (χ1) is 14.7. The highest BCUT2D eigenvalue weighted by Crippen LogP contribution is 2.41. The van der Waals surface area contributed by atoms with Crippen LogP contribution in [-0.2, 0) is 4.79 Å². The SMILES string of the molecule is CC(NC(=O)CSc1nnc(-c2cccnc2)n1C1CC1)c1ccc2c(c1)OCO2. The first-order valence-corrected chi connectivity index (χ1v) is 10.8. The molecule has 30 heavy (non-hydrogen) atoms. The van der Waals surface area contributed by atoms with E-state index in [1.165, 1.54) is 11.8 Å². The van der Waals surface area contributed by atoms with Crippen molar-refractivity contribution in [2.24, 2.45) is 0 Å². The summed E-state index contributed by atoms with van der Waals surface area (Å²) < 4.78 is 12.9. The molecule has 0 spiro atoms. The molecule has 3 aromatic rings. The number of nitrogens with zero attached hydrogens (tertiary/aromatic N) is 4. The summed E-state index contributed by atoms with van der Waals surface area (Å²) >= 11 is 1.41. The van der Waals surface area contributed by atoms with Crippen molar-refractivity contribution in [1.29, 1.82) is 0 Å². The monoisotopic (exact) mass is 423 g/mol. The van der Waals surface area contributed by atoms with Gasteiger partial charge in [-0.1, -0.05) is 17.8 Å². The quantitative estimate of drug-likeness (QED) is 0.583. The summed E-state index contributed by atoms with van der Waals surface area (Å²) in [5.41, 5.74) is 1.90. The van der Waals surface area contributed by atoms with Crippen LogP contribution in [0.15, 0.2) is 47.9 Å². The van der Waals surface area contributed by atoms with Gasteiger partial charge in [0.05, 0.1) is 11.8 Å². The van der Waals surface area contributed by atoms with Crippen molar-refractivity contribution in [1.82, 2.24) is 25.1 Å². The molecule has 1 aliphatic carbocycles. The Morgan fingerprint density at radius 1 is 1.27 bits per heavy atom. The minimum absolute atomic E-state index is 0.0570. The normalized spacial score (nSPS) is 15.8. The average Bonchev–Trinajstić information content (AvgIpc) is 3.34. The fourth-order valence-electron chi connectivity index (χ4n) is 3.41. The lowest BCUT2D eigenvalue weighted by atomic mass is 10.1. The lowest BCUT2D eigenvalue weighted by molar-refractivity contribution is -0.119. The molecule has 2 aromatic heterocycles. The minimum atomic E-state index is -0.139. The van der Waals surface area contributed by atoms with E-state index in [4.69, 9.17) is 9.47 Å². The summed E-state index contributed by atoms with van der Waals surface area (Å²) in [7, 11) is 0. The van der Waals surface area contributed by atoms with E-state index in [1.54, 1.807) is 12.4 Å². The number of fused-ring (bicyclic) bond motifs is 1. The topological polar surface area (TPSA) is 91.2 Å². The van der Waals surface area contributed by atoms with Crippen LogP contribution < -0.4 is 14.8 Å². The molecule has 2 aliphatic rings. The molecule has 1 saturated carbocycles. The van der Waals surface area contributed by atoms with Gasteiger partial charge in [0.15, 0.2) is 22.5 Å². The van der Waals surface area contributed by atoms with E-state index >= 15 is 0 Å². The Hall–Kier alpha value is -3.07. The van der Waals surface area contributed by atoms with Crippen LogP contribution in [0.2, 0.25) is 0 Å². The predicted molar refractivity (Wildman–Crippen MR) is 111 cm³/mol. The first kappa shape index (κ1) is 18.9. The Balaban J connectivity index is 1.24. The molecule has 1 unspecified atom stereocenters. The number of nitrogens with one attached hydrogen (secondary N) is 1. The van der Waals surface area contributed by atoms with E-state index in [9.17, 15) is 4.79 Å². The van der Waals surface area contributed by atoms with E-state index < -0.39 is 0 Å². The van der Waals surface area contributed by atoms with E-state index in [1.807, 2.05) is 37.3 Å².